The maximum Gasteiger partial charge on any atom is 0.414 e. The summed E-state index contributed by atoms with van der Waals surface area (Å²) in [7, 11) is 0. The summed E-state index contributed by atoms with van der Waals surface area (Å²) in [6.07, 6.45) is -1.01. The van der Waals surface area contributed by atoms with E-state index in [-0.39, 0.29) is 29.0 Å². The number of amides is 1. The molecule has 0 unspecified atom stereocenters. The minimum atomic E-state index is -0.655. The van der Waals surface area contributed by atoms with Crippen LogP contribution in [-0.2, 0) is 4.74 Å². The summed E-state index contributed by atoms with van der Waals surface area (Å²) in [5.74, 6) is -0.655. The summed E-state index contributed by atoms with van der Waals surface area (Å²) in [6.45, 7) is 2.33. The third-order valence-corrected chi connectivity index (χ3v) is 5.65. The Bertz CT molecular complexity index is 1400. The van der Waals surface area contributed by atoms with Crippen LogP contribution in [0.4, 0.5) is 31.9 Å². The third-order valence-electron chi connectivity index (χ3n) is 5.51. The number of ether oxygens (including phenoxy) is 1. The monoisotopic (exact) mass is 508 g/mol. The molecule has 36 heavy (non-hydrogen) atoms. The van der Waals surface area contributed by atoms with E-state index >= 15 is 0 Å². The van der Waals surface area contributed by atoms with Crippen molar-refractivity contribution in [2.24, 2.45) is 0 Å². The van der Waals surface area contributed by atoms with Crippen LogP contribution in [0, 0.1) is 15.9 Å². The molecule has 1 aliphatic heterocycles. The molecular weight excluding hydrogens is 487 g/mol. The van der Waals surface area contributed by atoms with E-state index in [1.54, 1.807) is 37.3 Å². The van der Waals surface area contributed by atoms with E-state index in [1.165, 1.54) is 41.3 Å². The lowest BCUT2D eigenvalue weighted by molar-refractivity contribution is -0.384. The molecule has 2 N–H and O–H groups in total. The first-order chi connectivity index (χ1) is 17.2. The number of nitro groups is 1. The molecule has 4 rings (SSSR count). The summed E-state index contributed by atoms with van der Waals surface area (Å²) >= 11 is 4.96. The van der Waals surface area contributed by atoms with Crippen molar-refractivity contribution in [3.63, 3.8) is 0 Å². The standard InChI is InChI=1S/C25H21FN4O5S/c1-15(36)27-13-20-14-29(25(32)35-20)19-8-10-22(21(26)12-19)28-23-9-4-17(5-11-24(23)31)16-2-6-18(7-3-16)30(33)34/h2-12,20H,13-14H2,1H3,(H,27,36)(H,28,31)/t20-/m0/s1. The van der Waals surface area contributed by atoms with Gasteiger partial charge in [-0.3, -0.25) is 19.8 Å². The van der Waals surface area contributed by atoms with E-state index in [9.17, 15) is 24.1 Å². The van der Waals surface area contributed by atoms with Crippen LogP contribution >= 0.6 is 12.2 Å². The summed E-state index contributed by atoms with van der Waals surface area (Å²) in [6, 6.07) is 16.2. The van der Waals surface area contributed by atoms with Gasteiger partial charge in [0.2, 0.25) is 5.43 Å². The van der Waals surface area contributed by atoms with Crippen molar-refractivity contribution in [2.45, 2.75) is 13.0 Å². The van der Waals surface area contributed by atoms with Crippen LogP contribution in [0.1, 0.15) is 6.92 Å². The van der Waals surface area contributed by atoms with Crippen molar-refractivity contribution in [1.29, 1.82) is 0 Å². The Balaban J connectivity index is 1.51. The quantitative estimate of drug-likeness (QED) is 0.267. The number of cyclic esters (lactones) is 1. The summed E-state index contributed by atoms with van der Waals surface area (Å²) in [5.41, 5.74) is 1.45. The second-order valence-corrected chi connectivity index (χ2v) is 8.66. The van der Waals surface area contributed by atoms with Crippen LogP contribution in [0.3, 0.4) is 0 Å². The molecule has 1 amide bonds. The topological polar surface area (TPSA) is 114 Å². The number of thiocarbonyl (C=S) groups is 1. The Hall–Kier alpha value is -4.38. The first-order valence-corrected chi connectivity index (χ1v) is 11.3. The van der Waals surface area contributed by atoms with Gasteiger partial charge in [0, 0.05) is 12.1 Å². The highest BCUT2D eigenvalue weighted by atomic mass is 32.1. The molecule has 3 aromatic carbocycles. The Morgan fingerprint density at radius 3 is 2.36 bits per heavy atom. The number of rotatable bonds is 7. The zero-order valence-corrected chi connectivity index (χ0v) is 19.9. The molecule has 1 fully saturated rings. The number of carbonyl (C=O) groups is 1. The maximum atomic E-state index is 14.9. The van der Waals surface area contributed by atoms with Crippen LogP contribution < -0.4 is 21.0 Å². The first kappa shape index (κ1) is 24.7. The number of hydrogen-bond acceptors (Lipinski definition) is 7. The van der Waals surface area contributed by atoms with Gasteiger partial charge in [-0.25, -0.2) is 9.18 Å². The van der Waals surface area contributed by atoms with E-state index in [2.05, 4.69) is 10.6 Å². The van der Waals surface area contributed by atoms with Crippen molar-refractivity contribution in [3.8, 4) is 11.1 Å². The predicted octanol–water partition coefficient (Wildman–Crippen LogP) is 4.77. The maximum absolute atomic E-state index is 14.9. The largest absolute Gasteiger partial charge is 0.442 e. The molecular formula is C25H21FN4O5S. The van der Waals surface area contributed by atoms with Gasteiger partial charge in [0.15, 0.2) is 0 Å². The van der Waals surface area contributed by atoms with E-state index in [1.807, 2.05) is 0 Å². The van der Waals surface area contributed by atoms with Crippen molar-refractivity contribution >= 4 is 46.0 Å². The van der Waals surface area contributed by atoms with Crippen LogP contribution in [0.5, 0.6) is 0 Å². The van der Waals surface area contributed by atoms with Crippen LogP contribution in [-0.4, -0.2) is 35.2 Å². The number of nitro benzene ring substituents is 1. The van der Waals surface area contributed by atoms with Gasteiger partial charge in [-0.05, 0) is 60.5 Å². The second-order valence-electron chi connectivity index (χ2n) is 8.05. The van der Waals surface area contributed by atoms with Crippen molar-refractivity contribution in [2.75, 3.05) is 23.3 Å². The van der Waals surface area contributed by atoms with Gasteiger partial charge >= 0.3 is 6.09 Å². The van der Waals surface area contributed by atoms with E-state index in [4.69, 9.17) is 17.0 Å². The molecule has 0 bridgehead atoms. The lowest BCUT2D eigenvalue weighted by Gasteiger charge is -2.15. The van der Waals surface area contributed by atoms with Gasteiger partial charge in [0.1, 0.15) is 11.9 Å². The van der Waals surface area contributed by atoms with Crippen LogP contribution in [0.2, 0.25) is 0 Å². The number of benzene rings is 2. The lowest BCUT2D eigenvalue weighted by atomic mass is 10.1. The highest BCUT2D eigenvalue weighted by molar-refractivity contribution is 7.80. The molecule has 0 saturated carbocycles. The Morgan fingerprint density at radius 1 is 1.08 bits per heavy atom. The van der Waals surface area contributed by atoms with Gasteiger partial charge in [-0.15, -0.1) is 0 Å². The van der Waals surface area contributed by atoms with E-state index < -0.39 is 22.9 Å². The second kappa shape index (κ2) is 10.5. The number of non-ortho nitro benzene ring substituents is 1. The number of anilines is 3. The van der Waals surface area contributed by atoms with Gasteiger partial charge in [-0.2, -0.15) is 0 Å². The highest BCUT2D eigenvalue weighted by Crippen LogP contribution is 2.28. The molecule has 0 aromatic heterocycles. The van der Waals surface area contributed by atoms with Crippen molar-refractivity contribution < 1.29 is 18.8 Å². The predicted molar refractivity (Wildman–Crippen MR) is 138 cm³/mol. The fraction of sp³-hybridized carbons (Fsp3) is 0.160. The molecule has 3 aromatic rings. The normalized spacial score (nSPS) is 14.8. The minimum Gasteiger partial charge on any atom is -0.442 e. The fourth-order valence-electron chi connectivity index (χ4n) is 3.65. The van der Waals surface area contributed by atoms with Gasteiger partial charge < -0.3 is 15.4 Å². The molecule has 1 heterocycles. The SMILES string of the molecule is CC(=S)NC[C@H]1CN(c2ccc(Nc3ccc(-c4ccc([N+](=O)[O-])cc4)ccc3=O)c(F)c2)C(=O)O1. The van der Waals surface area contributed by atoms with Crippen molar-refractivity contribution in [1.82, 2.24) is 5.32 Å². The van der Waals surface area contributed by atoms with Crippen LogP contribution in [0.15, 0.2) is 71.5 Å². The van der Waals surface area contributed by atoms with Crippen LogP contribution in [0.25, 0.3) is 11.1 Å². The number of nitrogens with one attached hydrogen (secondary N) is 2. The summed E-state index contributed by atoms with van der Waals surface area (Å²) in [5, 5.41) is 16.6. The molecule has 1 atom stereocenters. The Labute approximate surface area is 210 Å². The first-order valence-electron chi connectivity index (χ1n) is 10.9. The molecule has 11 heteroatoms. The minimum absolute atomic E-state index is 0.0377. The molecule has 1 saturated heterocycles. The zero-order chi connectivity index (χ0) is 25.8. The molecule has 184 valence electrons. The molecule has 1 aliphatic rings. The number of hydrogen-bond donors (Lipinski definition) is 2. The molecule has 9 nitrogen and oxygen atoms in total. The summed E-state index contributed by atoms with van der Waals surface area (Å²) < 4.78 is 20.2. The fourth-order valence-corrected chi connectivity index (χ4v) is 3.74. The number of halogens is 1. The average Bonchev–Trinajstić information content (AvgIpc) is 3.13. The average molecular weight is 509 g/mol. The molecule has 0 radical (unpaired) electrons. The zero-order valence-electron chi connectivity index (χ0n) is 19.1. The van der Waals surface area contributed by atoms with Gasteiger partial charge in [0.05, 0.1) is 40.1 Å². The van der Waals surface area contributed by atoms with E-state index in [0.717, 1.165) is 0 Å². The highest BCUT2D eigenvalue weighted by Gasteiger charge is 2.32. The lowest BCUT2D eigenvalue weighted by Crippen LogP contribution is -2.32. The van der Waals surface area contributed by atoms with Crippen molar-refractivity contribution in [3.05, 3.63) is 92.9 Å². The molecule has 0 aliphatic carbocycles. The number of nitrogens with zero attached hydrogens (tertiary/aromatic N) is 2. The summed E-state index contributed by atoms with van der Waals surface area (Å²) in [4.78, 5) is 37.1. The smallest absolute Gasteiger partial charge is 0.414 e. The van der Waals surface area contributed by atoms with Gasteiger partial charge in [0.25, 0.3) is 5.69 Å². The number of carbonyl (C=O) groups excluding carboxylic acids is 1. The van der Waals surface area contributed by atoms with Gasteiger partial charge in [-0.1, -0.05) is 24.4 Å². The van der Waals surface area contributed by atoms with E-state index in [0.29, 0.717) is 28.3 Å². The Kier molecular flexibility index (Phi) is 7.20. The molecule has 0 spiro atoms. The Morgan fingerprint density at radius 2 is 1.72 bits per heavy atom. The third kappa shape index (κ3) is 5.63.